The highest BCUT2D eigenvalue weighted by Gasteiger charge is 2.30. The zero-order valence-electron chi connectivity index (χ0n) is 12.0. The van der Waals surface area contributed by atoms with Crippen molar-refractivity contribution >= 4 is 11.9 Å². The van der Waals surface area contributed by atoms with Crippen LogP contribution in [0.4, 0.5) is 0 Å². The monoisotopic (exact) mass is 258 g/mol. The van der Waals surface area contributed by atoms with Gasteiger partial charge in [0, 0.05) is 12.6 Å². The summed E-state index contributed by atoms with van der Waals surface area (Å²) < 4.78 is 0. The van der Waals surface area contributed by atoms with Crippen LogP contribution in [0.15, 0.2) is 0 Å². The fraction of sp³-hybridized carbons (Fsp3) is 0.846. The predicted molar refractivity (Wildman–Crippen MR) is 71.1 cm³/mol. The number of rotatable bonds is 6. The molecule has 4 N–H and O–H groups in total. The van der Waals surface area contributed by atoms with E-state index in [1.165, 1.54) is 0 Å². The van der Waals surface area contributed by atoms with Gasteiger partial charge in [-0.15, -0.1) is 0 Å². The number of carboxylic acids is 1. The second kappa shape index (κ2) is 6.18. The lowest BCUT2D eigenvalue weighted by Gasteiger charge is -2.29. The Kier molecular flexibility index (Phi) is 5.80. The molecule has 18 heavy (non-hydrogen) atoms. The molecule has 0 aliphatic carbocycles. The summed E-state index contributed by atoms with van der Waals surface area (Å²) in [6.07, 6.45) is 0.551. The van der Waals surface area contributed by atoms with Crippen LogP contribution in [0.2, 0.25) is 0 Å². The molecule has 1 amide bonds. The van der Waals surface area contributed by atoms with Crippen molar-refractivity contribution in [3.05, 3.63) is 0 Å². The van der Waals surface area contributed by atoms with Crippen molar-refractivity contribution < 1.29 is 14.7 Å². The Bertz CT molecular complexity index is 306. The third kappa shape index (κ3) is 6.59. The van der Waals surface area contributed by atoms with Crippen LogP contribution in [0.5, 0.6) is 0 Å². The van der Waals surface area contributed by atoms with Crippen molar-refractivity contribution in [2.45, 2.75) is 53.5 Å². The van der Waals surface area contributed by atoms with Gasteiger partial charge in [-0.2, -0.15) is 0 Å². The van der Waals surface area contributed by atoms with Crippen molar-refractivity contribution in [3.63, 3.8) is 0 Å². The van der Waals surface area contributed by atoms with Crippen LogP contribution in [0.3, 0.4) is 0 Å². The molecule has 0 saturated heterocycles. The fourth-order valence-electron chi connectivity index (χ4n) is 1.60. The maximum absolute atomic E-state index is 12.0. The van der Waals surface area contributed by atoms with Crippen LogP contribution < -0.4 is 11.1 Å². The van der Waals surface area contributed by atoms with Gasteiger partial charge in [0.25, 0.3) is 0 Å². The third-order valence-corrected chi connectivity index (χ3v) is 2.74. The molecule has 0 aliphatic heterocycles. The van der Waals surface area contributed by atoms with E-state index in [4.69, 9.17) is 10.8 Å². The SMILES string of the molecule is CC(C)(C)CC(CC(=O)O)NC(=O)C(C)(C)CN. The Morgan fingerprint density at radius 3 is 2.06 bits per heavy atom. The van der Waals surface area contributed by atoms with Crippen LogP contribution >= 0.6 is 0 Å². The first kappa shape index (κ1) is 16.9. The second-order valence-corrected chi connectivity index (χ2v) is 6.62. The molecule has 0 spiro atoms. The molecule has 0 bridgehead atoms. The van der Waals surface area contributed by atoms with E-state index in [9.17, 15) is 9.59 Å². The highest BCUT2D eigenvalue weighted by Crippen LogP contribution is 2.23. The van der Waals surface area contributed by atoms with Gasteiger partial charge >= 0.3 is 5.97 Å². The summed E-state index contributed by atoms with van der Waals surface area (Å²) in [5.41, 5.74) is 4.82. The number of hydrogen-bond donors (Lipinski definition) is 3. The summed E-state index contributed by atoms with van der Waals surface area (Å²) in [5.74, 6) is -1.10. The number of aliphatic carboxylic acids is 1. The summed E-state index contributed by atoms with van der Waals surface area (Å²) in [7, 11) is 0. The number of carbonyl (C=O) groups excluding carboxylic acids is 1. The summed E-state index contributed by atoms with van der Waals surface area (Å²) >= 11 is 0. The Balaban J connectivity index is 4.69. The highest BCUT2D eigenvalue weighted by atomic mass is 16.4. The van der Waals surface area contributed by atoms with Crippen LogP contribution in [-0.4, -0.2) is 29.6 Å². The van der Waals surface area contributed by atoms with Crippen molar-refractivity contribution in [2.24, 2.45) is 16.6 Å². The van der Waals surface area contributed by atoms with Gasteiger partial charge in [-0.1, -0.05) is 20.8 Å². The number of amides is 1. The van der Waals surface area contributed by atoms with Gasteiger partial charge in [0.2, 0.25) is 5.91 Å². The van der Waals surface area contributed by atoms with E-state index in [1.54, 1.807) is 13.8 Å². The van der Waals surface area contributed by atoms with Crippen LogP contribution in [-0.2, 0) is 9.59 Å². The maximum atomic E-state index is 12.0. The first-order valence-electron chi connectivity index (χ1n) is 6.21. The first-order valence-corrected chi connectivity index (χ1v) is 6.21. The molecule has 0 saturated carbocycles. The van der Waals surface area contributed by atoms with Gasteiger partial charge in [0.15, 0.2) is 0 Å². The fourth-order valence-corrected chi connectivity index (χ4v) is 1.60. The Morgan fingerprint density at radius 1 is 1.22 bits per heavy atom. The molecule has 5 nitrogen and oxygen atoms in total. The normalized spacial score (nSPS) is 14.1. The largest absolute Gasteiger partial charge is 0.481 e. The first-order chi connectivity index (χ1) is 7.98. The molecule has 0 radical (unpaired) electrons. The van der Waals surface area contributed by atoms with Crippen LogP contribution in [0.1, 0.15) is 47.5 Å². The van der Waals surface area contributed by atoms with Gasteiger partial charge in [-0.05, 0) is 25.7 Å². The second-order valence-electron chi connectivity index (χ2n) is 6.62. The summed E-state index contributed by atoms with van der Waals surface area (Å²) in [5, 5.41) is 11.7. The minimum atomic E-state index is -0.907. The maximum Gasteiger partial charge on any atom is 0.305 e. The molecule has 0 heterocycles. The molecule has 106 valence electrons. The molecular formula is C13H26N2O3. The van der Waals surface area contributed by atoms with Gasteiger partial charge in [0.1, 0.15) is 0 Å². The standard InChI is InChI=1S/C13H26N2O3/c1-12(2,3)7-9(6-10(16)17)15-11(18)13(4,5)8-14/h9H,6-8,14H2,1-5H3,(H,15,18)(H,16,17). The molecule has 5 heteroatoms. The van der Waals surface area contributed by atoms with E-state index < -0.39 is 11.4 Å². The van der Waals surface area contributed by atoms with E-state index in [1.807, 2.05) is 20.8 Å². The zero-order chi connectivity index (χ0) is 14.6. The predicted octanol–water partition coefficient (Wildman–Crippen LogP) is 1.37. The number of hydrogen-bond acceptors (Lipinski definition) is 3. The molecule has 1 atom stereocenters. The summed E-state index contributed by atoms with van der Waals surface area (Å²) in [6.45, 7) is 9.77. The minimum Gasteiger partial charge on any atom is -0.481 e. The Labute approximate surface area is 109 Å². The van der Waals surface area contributed by atoms with Crippen molar-refractivity contribution in [1.29, 1.82) is 0 Å². The smallest absolute Gasteiger partial charge is 0.305 e. The zero-order valence-corrected chi connectivity index (χ0v) is 12.0. The third-order valence-electron chi connectivity index (χ3n) is 2.74. The lowest BCUT2D eigenvalue weighted by Crippen LogP contribution is -2.47. The van der Waals surface area contributed by atoms with E-state index in [0.29, 0.717) is 6.42 Å². The van der Waals surface area contributed by atoms with E-state index >= 15 is 0 Å². The number of nitrogens with one attached hydrogen (secondary N) is 1. The minimum absolute atomic E-state index is 0.0414. The molecule has 0 aromatic rings. The van der Waals surface area contributed by atoms with Gasteiger partial charge < -0.3 is 16.2 Å². The van der Waals surface area contributed by atoms with E-state index in [2.05, 4.69) is 5.32 Å². The van der Waals surface area contributed by atoms with E-state index in [-0.39, 0.29) is 30.3 Å². The van der Waals surface area contributed by atoms with Crippen LogP contribution in [0.25, 0.3) is 0 Å². The Hall–Kier alpha value is -1.10. The van der Waals surface area contributed by atoms with Crippen molar-refractivity contribution in [3.8, 4) is 0 Å². The van der Waals surface area contributed by atoms with Crippen molar-refractivity contribution in [1.82, 2.24) is 5.32 Å². The molecule has 0 aliphatic rings. The number of nitrogens with two attached hydrogens (primary N) is 1. The number of carboxylic acid groups (broad SMARTS) is 1. The molecule has 1 unspecified atom stereocenters. The van der Waals surface area contributed by atoms with E-state index in [0.717, 1.165) is 0 Å². The molecule has 0 aromatic heterocycles. The van der Waals surface area contributed by atoms with Gasteiger partial charge in [-0.25, -0.2) is 0 Å². The molecular weight excluding hydrogens is 232 g/mol. The lowest BCUT2D eigenvalue weighted by molar-refractivity contribution is -0.138. The Morgan fingerprint density at radius 2 is 1.72 bits per heavy atom. The highest BCUT2D eigenvalue weighted by molar-refractivity contribution is 5.82. The quantitative estimate of drug-likeness (QED) is 0.671. The molecule has 0 fully saturated rings. The van der Waals surface area contributed by atoms with Crippen molar-refractivity contribution in [2.75, 3.05) is 6.54 Å². The molecule has 0 aromatic carbocycles. The lowest BCUT2D eigenvalue weighted by atomic mass is 9.85. The van der Waals surface area contributed by atoms with Gasteiger partial charge in [-0.3, -0.25) is 9.59 Å². The topological polar surface area (TPSA) is 92.4 Å². The average molecular weight is 258 g/mol. The summed E-state index contributed by atoms with van der Waals surface area (Å²) in [6, 6.07) is -0.360. The van der Waals surface area contributed by atoms with Crippen LogP contribution in [0, 0.1) is 10.8 Å². The molecule has 0 rings (SSSR count). The van der Waals surface area contributed by atoms with Gasteiger partial charge in [0.05, 0.1) is 11.8 Å². The summed E-state index contributed by atoms with van der Waals surface area (Å²) in [4.78, 5) is 22.8. The number of carbonyl (C=O) groups is 2. The average Bonchev–Trinajstić information content (AvgIpc) is 2.13.